The maximum atomic E-state index is 12.3. The quantitative estimate of drug-likeness (QED) is 0.607. The number of rotatable bonds is 6. The number of nitrogens with one attached hydrogen (secondary N) is 1. The largest absolute Gasteiger partial charge is 0.289 e. The van der Waals surface area contributed by atoms with Crippen molar-refractivity contribution in [3.8, 4) is 0 Å². The topological polar surface area (TPSA) is 83.5 Å². The van der Waals surface area contributed by atoms with Crippen molar-refractivity contribution in [2.75, 3.05) is 0 Å². The lowest BCUT2D eigenvalue weighted by atomic mass is 10.2. The number of carbonyl (C=O) groups excluding carboxylic acids is 1. The van der Waals surface area contributed by atoms with Crippen LogP contribution in [0.4, 0.5) is 0 Å². The number of hydrogen-bond acceptors (Lipinski definition) is 4. The summed E-state index contributed by atoms with van der Waals surface area (Å²) in [6, 6.07) is 8.03. The van der Waals surface area contributed by atoms with E-state index in [1.54, 1.807) is 18.2 Å². The van der Waals surface area contributed by atoms with E-state index in [2.05, 4.69) is 0 Å². The van der Waals surface area contributed by atoms with Gasteiger partial charge in [-0.2, -0.15) is 0 Å². The molecule has 1 amide bonds. The van der Waals surface area contributed by atoms with Crippen LogP contribution in [0.5, 0.6) is 0 Å². The number of hydroxylamine groups is 1. The molecule has 5 nitrogen and oxygen atoms in total. The van der Waals surface area contributed by atoms with Gasteiger partial charge in [0, 0.05) is 6.42 Å². The summed E-state index contributed by atoms with van der Waals surface area (Å²) >= 11 is 0. The molecular weight excluding hydrogens is 254 g/mol. The van der Waals surface area contributed by atoms with Gasteiger partial charge in [0.2, 0.25) is 5.91 Å². The molecule has 1 rings (SSSR count). The first-order chi connectivity index (χ1) is 8.52. The van der Waals surface area contributed by atoms with Crippen molar-refractivity contribution in [1.82, 2.24) is 5.48 Å². The van der Waals surface area contributed by atoms with Crippen molar-refractivity contribution >= 4 is 15.7 Å². The fourth-order valence-electron chi connectivity index (χ4n) is 1.74. The molecule has 1 atom stereocenters. The Morgan fingerprint density at radius 2 is 1.94 bits per heavy atom. The van der Waals surface area contributed by atoms with E-state index in [0.29, 0.717) is 12.8 Å². The molecule has 1 aromatic rings. The molecule has 0 spiro atoms. The van der Waals surface area contributed by atoms with Crippen molar-refractivity contribution in [3.05, 3.63) is 30.3 Å². The van der Waals surface area contributed by atoms with Gasteiger partial charge in [0.05, 0.1) is 10.1 Å². The molecule has 0 aliphatic heterocycles. The number of sulfone groups is 1. The molecular formula is C12H17NO4S. The van der Waals surface area contributed by atoms with Gasteiger partial charge in [0.25, 0.3) is 0 Å². The van der Waals surface area contributed by atoms with E-state index < -0.39 is 21.0 Å². The molecule has 0 aliphatic rings. The van der Waals surface area contributed by atoms with Crippen LogP contribution in [-0.4, -0.2) is 24.8 Å². The van der Waals surface area contributed by atoms with Crippen LogP contribution >= 0.6 is 0 Å². The molecule has 0 saturated heterocycles. The molecule has 18 heavy (non-hydrogen) atoms. The molecule has 0 heterocycles. The molecule has 0 aromatic heterocycles. The Hall–Kier alpha value is -1.40. The van der Waals surface area contributed by atoms with E-state index in [9.17, 15) is 13.2 Å². The fraction of sp³-hybridized carbons (Fsp3) is 0.417. The van der Waals surface area contributed by atoms with Crippen LogP contribution in [0.25, 0.3) is 0 Å². The van der Waals surface area contributed by atoms with E-state index in [-0.39, 0.29) is 11.3 Å². The highest BCUT2D eigenvalue weighted by atomic mass is 32.2. The summed E-state index contributed by atoms with van der Waals surface area (Å²) < 4.78 is 24.6. The first kappa shape index (κ1) is 14.7. The van der Waals surface area contributed by atoms with Crippen LogP contribution < -0.4 is 5.48 Å². The van der Waals surface area contributed by atoms with Crippen molar-refractivity contribution < 1.29 is 18.4 Å². The fourth-order valence-corrected chi connectivity index (χ4v) is 3.58. The molecule has 6 heteroatoms. The molecule has 100 valence electrons. The summed E-state index contributed by atoms with van der Waals surface area (Å²) in [5, 5.41) is 7.69. The average Bonchev–Trinajstić information content (AvgIpc) is 2.39. The summed E-state index contributed by atoms with van der Waals surface area (Å²) in [4.78, 5) is 11.4. The molecule has 1 aromatic carbocycles. The molecule has 0 saturated carbocycles. The second kappa shape index (κ2) is 6.51. The van der Waals surface area contributed by atoms with E-state index in [1.807, 2.05) is 6.92 Å². The third-order valence-corrected chi connectivity index (χ3v) is 4.87. The van der Waals surface area contributed by atoms with Gasteiger partial charge in [0.1, 0.15) is 0 Å². The van der Waals surface area contributed by atoms with Gasteiger partial charge in [-0.05, 0) is 18.6 Å². The van der Waals surface area contributed by atoms with Crippen LogP contribution in [0.15, 0.2) is 35.2 Å². The molecule has 0 fully saturated rings. The Balaban J connectivity index is 3.01. The number of amides is 1. The summed E-state index contributed by atoms with van der Waals surface area (Å²) in [5.74, 6) is -0.687. The van der Waals surface area contributed by atoms with E-state index >= 15 is 0 Å². The second-order valence-corrected chi connectivity index (χ2v) is 6.24. The van der Waals surface area contributed by atoms with Crippen LogP contribution in [0.2, 0.25) is 0 Å². The lowest BCUT2D eigenvalue weighted by molar-refractivity contribution is -0.129. The lowest BCUT2D eigenvalue weighted by Gasteiger charge is -2.15. The van der Waals surface area contributed by atoms with Crippen LogP contribution in [0.1, 0.15) is 26.2 Å². The van der Waals surface area contributed by atoms with Crippen molar-refractivity contribution in [1.29, 1.82) is 0 Å². The van der Waals surface area contributed by atoms with Gasteiger partial charge in [-0.15, -0.1) is 0 Å². The van der Waals surface area contributed by atoms with Gasteiger partial charge >= 0.3 is 0 Å². The molecule has 0 bridgehead atoms. The zero-order chi connectivity index (χ0) is 13.6. The maximum absolute atomic E-state index is 12.3. The van der Waals surface area contributed by atoms with Gasteiger partial charge < -0.3 is 0 Å². The number of carbonyl (C=O) groups is 1. The first-order valence-electron chi connectivity index (χ1n) is 5.74. The van der Waals surface area contributed by atoms with Gasteiger partial charge in [-0.25, -0.2) is 13.9 Å². The number of benzene rings is 1. The zero-order valence-corrected chi connectivity index (χ0v) is 11.0. The van der Waals surface area contributed by atoms with Crippen molar-refractivity contribution in [3.63, 3.8) is 0 Å². The molecule has 1 unspecified atom stereocenters. The Morgan fingerprint density at radius 1 is 1.33 bits per heavy atom. The summed E-state index contributed by atoms with van der Waals surface area (Å²) in [5.41, 5.74) is 1.47. The highest BCUT2D eigenvalue weighted by molar-refractivity contribution is 7.92. The summed E-state index contributed by atoms with van der Waals surface area (Å²) in [7, 11) is -3.54. The predicted molar refractivity (Wildman–Crippen MR) is 66.9 cm³/mol. The van der Waals surface area contributed by atoms with Crippen molar-refractivity contribution in [2.45, 2.75) is 36.3 Å². The van der Waals surface area contributed by atoms with Gasteiger partial charge in [0.15, 0.2) is 9.84 Å². The minimum atomic E-state index is -3.54. The molecule has 2 N–H and O–H groups in total. The molecule has 0 aliphatic carbocycles. The van der Waals surface area contributed by atoms with Crippen LogP contribution in [0.3, 0.4) is 0 Å². The van der Waals surface area contributed by atoms with E-state index in [4.69, 9.17) is 5.21 Å². The highest BCUT2D eigenvalue weighted by Crippen LogP contribution is 2.21. The summed E-state index contributed by atoms with van der Waals surface area (Å²) in [6.45, 7) is 1.85. The van der Waals surface area contributed by atoms with Crippen LogP contribution in [-0.2, 0) is 14.6 Å². The van der Waals surface area contributed by atoms with Gasteiger partial charge in [-0.3, -0.25) is 10.0 Å². The van der Waals surface area contributed by atoms with E-state index in [0.717, 1.165) is 0 Å². The smallest absolute Gasteiger partial charge is 0.244 e. The minimum Gasteiger partial charge on any atom is -0.289 e. The Labute approximate surface area is 107 Å². The minimum absolute atomic E-state index is 0.203. The lowest BCUT2D eigenvalue weighted by Crippen LogP contribution is -2.30. The first-order valence-corrected chi connectivity index (χ1v) is 7.29. The SMILES string of the molecule is CCCC(CC(=O)NO)S(=O)(=O)c1ccccc1. The van der Waals surface area contributed by atoms with E-state index in [1.165, 1.54) is 17.6 Å². The van der Waals surface area contributed by atoms with Crippen LogP contribution in [0, 0.1) is 0 Å². The zero-order valence-electron chi connectivity index (χ0n) is 10.2. The standard InChI is InChI=1S/C12H17NO4S/c1-2-6-11(9-12(14)13-15)18(16,17)10-7-4-3-5-8-10/h3-5,7-8,11,15H,2,6,9H2,1H3,(H,13,14). The Kier molecular flexibility index (Phi) is 5.30. The molecule has 0 radical (unpaired) electrons. The Morgan fingerprint density at radius 3 is 2.44 bits per heavy atom. The Bertz CT molecular complexity index is 484. The van der Waals surface area contributed by atoms with Gasteiger partial charge in [-0.1, -0.05) is 31.5 Å². The average molecular weight is 271 g/mol. The third kappa shape index (κ3) is 3.54. The maximum Gasteiger partial charge on any atom is 0.244 e. The predicted octanol–water partition coefficient (Wildman–Crippen LogP) is 1.52. The highest BCUT2D eigenvalue weighted by Gasteiger charge is 2.28. The number of hydrogen-bond donors (Lipinski definition) is 2. The van der Waals surface area contributed by atoms with Crippen molar-refractivity contribution in [2.24, 2.45) is 0 Å². The summed E-state index contributed by atoms with van der Waals surface area (Å²) in [6.07, 6.45) is 0.793. The monoisotopic (exact) mass is 271 g/mol. The normalized spacial score (nSPS) is 13.0. The third-order valence-electron chi connectivity index (χ3n) is 2.66. The second-order valence-electron chi connectivity index (χ2n) is 4.01.